The van der Waals surface area contributed by atoms with Crippen LogP contribution in [-0.4, -0.2) is 42.2 Å². The van der Waals surface area contributed by atoms with E-state index < -0.39 is 17.6 Å². The summed E-state index contributed by atoms with van der Waals surface area (Å²) in [5.41, 5.74) is 18.8. The number of aliphatic hydroxyl groups excluding tert-OH is 1. The smallest absolute Gasteiger partial charge is 0.266 e. The first-order chi connectivity index (χ1) is 24.6. The number of nitrogens with zero attached hydrogens (tertiary/aromatic N) is 4. The van der Waals surface area contributed by atoms with Crippen LogP contribution >= 0.6 is 0 Å². The zero-order valence-electron chi connectivity index (χ0n) is 27.4. The molecule has 0 aliphatic carbocycles. The Morgan fingerprint density at radius 1 is 0.880 bits per heavy atom. The molecule has 0 bridgehead atoms. The minimum atomic E-state index is -1.50. The number of carbonyl (C=O) groups is 1. The Morgan fingerprint density at radius 3 is 2.14 bits per heavy atom. The minimum Gasteiger partial charge on any atom is -0.494 e. The summed E-state index contributed by atoms with van der Waals surface area (Å²) in [6.45, 7) is 0.848. The van der Waals surface area contributed by atoms with Crippen LogP contribution in [0, 0.1) is 0 Å². The molecule has 252 valence electrons. The zero-order chi connectivity index (χ0) is 34.6. The maximum absolute atomic E-state index is 14.8. The molecule has 2 atom stereocenters. The Labute approximate surface area is 291 Å². The van der Waals surface area contributed by atoms with Crippen molar-refractivity contribution >= 4 is 17.5 Å². The van der Waals surface area contributed by atoms with Gasteiger partial charge in [0.2, 0.25) is 5.90 Å². The standard InChI is InChI=1S/C40H38N6O4/c41-46-44-36-20-11-10-19-33(36)27-40(39(48)45-42-28-35(29-13-4-1-5-14-29)30-15-6-2-7-16-30)37(31-17-8-3-9-18-31)50-38(43-40)32-21-23-34(24-22-32)49-26-12-25-47/h1-11,13-24,35,37,42,47H,12,25-28H2,(H,45,48)/t37-,40-/m0/s1. The molecule has 10 heteroatoms. The van der Waals surface area contributed by atoms with Crippen molar-refractivity contribution in [3.05, 3.63) is 178 Å². The van der Waals surface area contributed by atoms with E-state index in [1.807, 2.05) is 103 Å². The van der Waals surface area contributed by atoms with Gasteiger partial charge < -0.3 is 14.6 Å². The highest BCUT2D eigenvalue weighted by Crippen LogP contribution is 2.43. The topological polar surface area (TPSA) is 141 Å². The van der Waals surface area contributed by atoms with Gasteiger partial charge >= 0.3 is 0 Å². The number of hydrogen-bond donors (Lipinski definition) is 3. The quantitative estimate of drug-likeness (QED) is 0.0353. The molecular weight excluding hydrogens is 628 g/mol. The van der Waals surface area contributed by atoms with E-state index in [0.717, 1.165) is 16.7 Å². The summed E-state index contributed by atoms with van der Waals surface area (Å²) in [5, 5.41) is 13.0. The average Bonchev–Trinajstić information content (AvgIpc) is 3.56. The summed E-state index contributed by atoms with van der Waals surface area (Å²) in [5.74, 6) is 0.495. The molecule has 0 spiro atoms. The SMILES string of the molecule is [N-]=[N+]=Nc1ccccc1C[C@]1(C(=O)NNCC(c2ccccc2)c2ccccc2)N=C(c2ccc(OCCCO)cc2)O[C@H]1c1ccccc1. The number of rotatable bonds is 15. The van der Waals surface area contributed by atoms with Gasteiger partial charge in [-0.3, -0.25) is 10.2 Å². The molecule has 0 unspecified atom stereocenters. The lowest BCUT2D eigenvalue weighted by molar-refractivity contribution is -0.130. The lowest BCUT2D eigenvalue weighted by Crippen LogP contribution is -2.54. The van der Waals surface area contributed by atoms with Crippen molar-refractivity contribution in [3.63, 3.8) is 0 Å². The van der Waals surface area contributed by atoms with Crippen LogP contribution in [0.25, 0.3) is 10.4 Å². The predicted octanol–water partition coefficient (Wildman–Crippen LogP) is 7.34. The largest absolute Gasteiger partial charge is 0.494 e. The van der Waals surface area contributed by atoms with Crippen molar-refractivity contribution < 1.29 is 19.4 Å². The highest BCUT2D eigenvalue weighted by atomic mass is 16.5. The molecular formula is C40H38N6O4. The van der Waals surface area contributed by atoms with Crippen molar-refractivity contribution in [3.8, 4) is 5.75 Å². The van der Waals surface area contributed by atoms with Crippen molar-refractivity contribution in [1.29, 1.82) is 0 Å². The molecule has 0 radical (unpaired) electrons. The number of benzene rings is 5. The molecule has 1 aliphatic rings. The van der Waals surface area contributed by atoms with Gasteiger partial charge in [-0.1, -0.05) is 120 Å². The van der Waals surface area contributed by atoms with Gasteiger partial charge in [-0.15, -0.1) is 0 Å². The number of nitrogens with one attached hydrogen (secondary N) is 2. The molecule has 0 aromatic heterocycles. The predicted molar refractivity (Wildman–Crippen MR) is 193 cm³/mol. The number of carbonyl (C=O) groups excluding carboxylic acids is 1. The van der Waals surface area contributed by atoms with Crippen LogP contribution in [0.15, 0.2) is 150 Å². The first-order valence-corrected chi connectivity index (χ1v) is 16.5. The molecule has 0 fully saturated rings. The van der Waals surface area contributed by atoms with Crippen LogP contribution in [0.5, 0.6) is 5.75 Å². The second-order valence-corrected chi connectivity index (χ2v) is 11.9. The number of aliphatic imine (C=N–C) groups is 1. The molecule has 5 aromatic rings. The Morgan fingerprint density at radius 2 is 1.50 bits per heavy atom. The second-order valence-electron chi connectivity index (χ2n) is 11.9. The van der Waals surface area contributed by atoms with E-state index in [0.29, 0.717) is 48.0 Å². The van der Waals surface area contributed by atoms with Gasteiger partial charge in [0.05, 0.1) is 6.61 Å². The zero-order valence-corrected chi connectivity index (χ0v) is 27.4. The summed E-state index contributed by atoms with van der Waals surface area (Å²) in [4.78, 5) is 22.9. The molecule has 10 nitrogen and oxygen atoms in total. The third-order valence-electron chi connectivity index (χ3n) is 8.65. The van der Waals surface area contributed by atoms with Crippen LogP contribution in [0.2, 0.25) is 0 Å². The van der Waals surface area contributed by atoms with Crippen LogP contribution in [-0.2, 0) is 16.0 Å². The first kappa shape index (κ1) is 34.0. The summed E-state index contributed by atoms with van der Waals surface area (Å²) in [6, 6.07) is 44.3. The van der Waals surface area contributed by atoms with Crippen LogP contribution in [0.3, 0.4) is 0 Å². The van der Waals surface area contributed by atoms with E-state index in [-0.39, 0.29) is 18.9 Å². The van der Waals surface area contributed by atoms with Gasteiger partial charge in [-0.25, -0.2) is 10.4 Å². The molecule has 50 heavy (non-hydrogen) atoms. The molecule has 1 heterocycles. The molecule has 1 amide bonds. The molecule has 0 saturated carbocycles. The van der Waals surface area contributed by atoms with Gasteiger partial charge in [-0.2, -0.15) is 0 Å². The van der Waals surface area contributed by atoms with Gasteiger partial charge in [-0.05, 0) is 52.1 Å². The number of hydrogen-bond acceptors (Lipinski definition) is 7. The lowest BCUT2D eigenvalue weighted by atomic mass is 9.81. The molecule has 3 N–H and O–H groups in total. The monoisotopic (exact) mass is 666 g/mol. The second kappa shape index (κ2) is 16.5. The molecule has 0 saturated heterocycles. The van der Waals surface area contributed by atoms with Crippen molar-refractivity contribution in [1.82, 2.24) is 10.9 Å². The molecule has 1 aliphatic heterocycles. The Balaban J connectivity index is 1.37. The van der Waals surface area contributed by atoms with Gasteiger partial charge in [0.15, 0.2) is 11.6 Å². The van der Waals surface area contributed by atoms with Gasteiger partial charge in [0.1, 0.15) is 5.75 Å². The Bertz CT molecular complexity index is 1890. The number of hydrazine groups is 1. The van der Waals surface area contributed by atoms with E-state index in [9.17, 15) is 10.3 Å². The highest BCUT2D eigenvalue weighted by Gasteiger charge is 2.53. The lowest BCUT2D eigenvalue weighted by Gasteiger charge is -2.31. The number of azide groups is 1. The third kappa shape index (κ3) is 7.85. The highest BCUT2D eigenvalue weighted by molar-refractivity contribution is 6.01. The van der Waals surface area contributed by atoms with Crippen LogP contribution < -0.4 is 15.6 Å². The normalized spacial score (nSPS) is 16.6. The summed E-state index contributed by atoms with van der Waals surface area (Å²) in [7, 11) is 0. The van der Waals surface area contributed by atoms with Crippen molar-refractivity contribution in [2.75, 3.05) is 19.8 Å². The van der Waals surface area contributed by atoms with Gasteiger partial charge in [0.25, 0.3) is 5.91 Å². The maximum Gasteiger partial charge on any atom is 0.266 e. The summed E-state index contributed by atoms with van der Waals surface area (Å²) >= 11 is 0. The fourth-order valence-corrected chi connectivity index (χ4v) is 6.15. The van der Waals surface area contributed by atoms with E-state index in [4.69, 9.17) is 19.6 Å². The van der Waals surface area contributed by atoms with E-state index in [2.05, 4.69) is 45.1 Å². The van der Waals surface area contributed by atoms with Crippen molar-refractivity contribution in [2.45, 2.75) is 30.4 Å². The van der Waals surface area contributed by atoms with Crippen molar-refractivity contribution in [2.24, 2.45) is 10.1 Å². The average molecular weight is 667 g/mol. The number of ether oxygens (including phenoxy) is 2. The van der Waals surface area contributed by atoms with Crippen LogP contribution in [0.1, 0.15) is 46.3 Å². The third-order valence-corrected chi connectivity index (χ3v) is 8.65. The summed E-state index contributed by atoms with van der Waals surface area (Å²) in [6.07, 6.45) is -0.210. The first-order valence-electron chi connectivity index (χ1n) is 16.5. The maximum atomic E-state index is 14.8. The Hall–Kier alpha value is -5.93. The van der Waals surface area contributed by atoms with E-state index in [1.165, 1.54) is 0 Å². The van der Waals surface area contributed by atoms with Gasteiger partial charge in [0, 0.05) is 48.1 Å². The minimum absolute atomic E-state index is 0.0405. The Kier molecular flexibility index (Phi) is 11.2. The van der Waals surface area contributed by atoms with E-state index >= 15 is 0 Å². The fraction of sp³-hybridized carbons (Fsp3) is 0.200. The number of amides is 1. The summed E-state index contributed by atoms with van der Waals surface area (Å²) < 4.78 is 12.4. The molecule has 6 rings (SSSR count). The van der Waals surface area contributed by atoms with E-state index in [1.54, 1.807) is 12.1 Å². The molecule has 5 aromatic carbocycles. The number of aliphatic hydroxyl groups is 1. The van der Waals surface area contributed by atoms with Crippen LogP contribution in [0.4, 0.5) is 5.69 Å². The fourth-order valence-electron chi connectivity index (χ4n) is 6.15.